The molecule has 0 radical (unpaired) electrons. The van der Waals surface area contributed by atoms with Gasteiger partial charge in [0.2, 0.25) is 15.5 Å². The molecule has 1 N–H and O–H groups in total. The number of hydrogen-bond donors (Lipinski definition) is 1. The third kappa shape index (κ3) is 3.16. The van der Waals surface area contributed by atoms with Gasteiger partial charge >= 0.3 is 11.7 Å². The molecule has 126 valence electrons. The molecule has 10 heteroatoms. The number of carboxylic acid groups (broad SMARTS) is 1. The highest BCUT2D eigenvalue weighted by Crippen LogP contribution is 2.27. The van der Waals surface area contributed by atoms with Gasteiger partial charge in [-0.25, -0.2) is 17.6 Å². The number of nitrogens with zero attached hydrogens (tertiary/aromatic N) is 1. The van der Waals surface area contributed by atoms with E-state index in [4.69, 9.17) is 5.11 Å². The van der Waals surface area contributed by atoms with Crippen LogP contribution in [-0.2, 0) is 14.6 Å². The van der Waals surface area contributed by atoms with E-state index in [0.717, 1.165) is 29.2 Å². The van der Waals surface area contributed by atoms with Crippen LogP contribution in [0, 0.1) is 0 Å². The van der Waals surface area contributed by atoms with Crippen LogP contribution >= 0.6 is 0 Å². The van der Waals surface area contributed by atoms with Gasteiger partial charge in [-0.15, -0.1) is 0 Å². The van der Waals surface area contributed by atoms with Gasteiger partial charge in [0.25, 0.3) is 5.91 Å². The molecule has 1 aliphatic heterocycles. The number of carboxylic acids is 1. The predicted molar refractivity (Wildman–Crippen MR) is 71.6 cm³/mol. The van der Waals surface area contributed by atoms with Crippen LogP contribution in [0.4, 0.5) is 13.2 Å². The van der Waals surface area contributed by atoms with E-state index in [1.165, 1.54) is 0 Å². The first kappa shape index (κ1) is 17.3. The minimum Gasteiger partial charge on any atom is -0.479 e. The van der Waals surface area contributed by atoms with Crippen LogP contribution in [0.5, 0.6) is 0 Å². The number of carbonyl (C=O) groups excluding carboxylic acids is 1. The number of likely N-dealkylation sites (tertiary alicyclic amines) is 1. The lowest BCUT2D eigenvalue weighted by Gasteiger charge is -2.17. The molecule has 1 saturated heterocycles. The SMILES string of the molecule is O=C(c1ccc(S(=O)(=O)C(F)F)cc1)N1CCC(F)(C(=O)O)C1. The van der Waals surface area contributed by atoms with Gasteiger partial charge in [-0.2, -0.15) is 8.78 Å². The molecule has 0 aromatic heterocycles. The molecule has 1 aromatic rings. The van der Waals surface area contributed by atoms with Crippen molar-refractivity contribution in [2.24, 2.45) is 0 Å². The Morgan fingerprint density at radius 1 is 1.22 bits per heavy atom. The summed E-state index contributed by atoms with van der Waals surface area (Å²) in [4.78, 5) is 23.3. The Balaban J connectivity index is 2.18. The van der Waals surface area contributed by atoms with Crippen molar-refractivity contribution in [3.05, 3.63) is 29.8 Å². The van der Waals surface area contributed by atoms with Gasteiger partial charge in [-0.05, 0) is 24.3 Å². The molecule has 0 bridgehead atoms. The van der Waals surface area contributed by atoms with E-state index >= 15 is 0 Å². The molecule has 1 heterocycles. The summed E-state index contributed by atoms with van der Waals surface area (Å²) < 4.78 is 61.3. The average molecular weight is 351 g/mol. The third-order valence-corrected chi connectivity index (χ3v) is 4.95. The number of benzene rings is 1. The van der Waals surface area contributed by atoms with Gasteiger partial charge in [-0.1, -0.05) is 0 Å². The minimum absolute atomic E-state index is 0.0483. The molecule has 23 heavy (non-hydrogen) atoms. The number of alkyl halides is 3. The summed E-state index contributed by atoms with van der Waals surface area (Å²) in [7, 11) is -4.76. The molecule has 6 nitrogen and oxygen atoms in total. The van der Waals surface area contributed by atoms with Crippen LogP contribution in [0.3, 0.4) is 0 Å². The van der Waals surface area contributed by atoms with Crippen molar-refractivity contribution in [2.45, 2.75) is 22.7 Å². The molecule has 0 saturated carbocycles. The van der Waals surface area contributed by atoms with Crippen LogP contribution in [0.1, 0.15) is 16.8 Å². The second kappa shape index (κ2) is 5.84. The van der Waals surface area contributed by atoms with Crippen molar-refractivity contribution in [1.82, 2.24) is 4.90 Å². The second-order valence-electron chi connectivity index (χ2n) is 5.08. The highest BCUT2D eigenvalue weighted by molar-refractivity contribution is 7.91. The smallest absolute Gasteiger partial charge is 0.343 e. The van der Waals surface area contributed by atoms with Crippen LogP contribution in [0.25, 0.3) is 0 Å². The number of sulfone groups is 1. The normalized spacial score (nSPS) is 21.7. The largest absolute Gasteiger partial charge is 0.479 e. The molecular weight excluding hydrogens is 339 g/mol. The zero-order valence-corrected chi connectivity index (χ0v) is 12.4. The maximum atomic E-state index is 13.9. The van der Waals surface area contributed by atoms with Crippen molar-refractivity contribution >= 4 is 21.7 Å². The molecule has 1 fully saturated rings. The summed E-state index contributed by atoms with van der Waals surface area (Å²) in [5.41, 5.74) is -2.57. The lowest BCUT2D eigenvalue weighted by Crippen LogP contribution is -2.38. The number of hydrogen-bond acceptors (Lipinski definition) is 4. The first-order chi connectivity index (χ1) is 10.6. The van der Waals surface area contributed by atoms with Gasteiger partial charge in [-0.3, -0.25) is 4.79 Å². The van der Waals surface area contributed by atoms with Gasteiger partial charge in [0.15, 0.2) is 0 Å². The molecular formula is C13H12F3NO5S. The predicted octanol–water partition coefficient (Wildman–Crippen LogP) is 1.32. The molecule has 1 unspecified atom stereocenters. The quantitative estimate of drug-likeness (QED) is 0.883. The number of carbonyl (C=O) groups is 2. The lowest BCUT2D eigenvalue weighted by atomic mass is 10.1. The Labute approximate surface area is 129 Å². The van der Waals surface area contributed by atoms with Crippen LogP contribution in [-0.4, -0.2) is 54.8 Å². The fraction of sp³-hybridized carbons (Fsp3) is 0.385. The number of halogens is 3. The molecule has 0 aliphatic carbocycles. The Kier molecular flexibility index (Phi) is 4.38. The van der Waals surface area contributed by atoms with Crippen LogP contribution < -0.4 is 0 Å². The zero-order valence-electron chi connectivity index (χ0n) is 11.6. The van der Waals surface area contributed by atoms with Crippen molar-refractivity contribution in [3.63, 3.8) is 0 Å². The fourth-order valence-corrected chi connectivity index (χ4v) is 2.91. The van der Waals surface area contributed by atoms with Crippen molar-refractivity contribution in [2.75, 3.05) is 13.1 Å². The Bertz CT molecular complexity index is 734. The number of amides is 1. The fourth-order valence-electron chi connectivity index (χ4n) is 2.19. The van der Waals surface area contributed by atoms with E-state index < -0.39 is 44.6 Å². The highest BCUT2D eigenvalue weighted by atomic mass is 32.2. The standard InChI is InChI=1S/C13H12F3NO5S/c14-12(15)23(21,22)9-3-1-8(2-4-9)10(18)17-6-5-13(16,7-17)11(19)20/h1-4,12H,5-7H2,(H,19,20). The summed E-state index contributed by atoms with van der Waals surface area (Å²) in [5, 5.41) is 8.77. The topological polar surface area (TPSA) is 91.8 Å². The maximum Gasteiger partial charge on any atom is 0.343 e. The summed E-state index contributed by atoms with van der Waals surface area (Å²) >= 11 is 0. The van der Waals surface area contributed by atoms with Crippen LogP contribution in [0.2, 0.25) is 0 Å². The van der Waals surface area contributed by atoms with Gasteiger partial charge in [0.05, 0.1) is 11.4 Å². The summed E-state index contributed by atoms with van der Waals surface area (Å²) in [6.45, 7) is -0.739. The summed E-state index contributed by atoms with van der Waals surface area (Å²) in [6.07, 6.45) is -0.355. The lowest BCUT2D eigenvalue weighted by molar-refractivity contribution is -0.149. The Hall–Kier alpha value is -2.10. The number of aliphatic carboxylic acids is 1. The molecule has 2 rings (SSSR count). The first-order valence-electron chi connectivity index (χ1n) is 6.41. The molecule has 1 atom stereocenters. The third-order valence-electron chi connectivity index (χ3n) is 3.55. The van der Waals surface area contributed by atoms with E-state index in [0.29, 0.717) is 0 Å². The van der Waals surface area contributed by atoms with E-state index in [9.17, 15) is 31.2 Å². The van der Waals surface area contributed by atoms with Crippen molar-refractivity contribution in [1.29, 1.82) is 0 Å². The minimum atomic E-state index is -4.76. The molecule has 1 aromatic carbocycles. The molecule has 1 amide bonds. The van der Waals surface area contributed by atoms with Gasteiger partial charge in [0.1, 0.15) is 0 Å². The van der Waals surface area contributed by atoms with E-state index in [1.807, 2.05) is 0 Å². The summed E-state index contributed by atoms with van der Waals surface area (Å²) in [6, 6.07) is 3.75. The van der Waals surface area contributed by atoms with E-state index in [2.05, 4.69) is 0 Å². The van der Waals surface area contributed by atoms with Gasteiger partial charge < -0.3 is 10.0 Å². The Morgan fingerprint density at radius 3 is 2.22 bits per heavy atom. The van der Waals surface area contributed by atoms with Gasteiger partial charge in [0, 0.05) is 18.5 Å². The number of rotatable bonds is 4. The maximum absolute atomic E-state index is 13.9. The first-order valence-corrected chi connectivity index (χ1v) is 7.96. The highest BCUT2D eigenvalue weighted by Gasteiger charge is 2.47. The second-order valence-corrected chi connectivity index (χ2v) is 6.99. The van der Waals surface area contributed by atoms with Crippen molar-refractivity contribution < 1.29 is 36.3 Å². The van der Waals surface area contributed by atoms with Crippen molar-refractivity contribution in [3.8, 4) is 0 Å². The van der Waals surface area contributed by atoms with E-state index in [1.54, 1.807) is 0 Å². The monoisotopic (exact) mass is 351 g/mol. The Morgan fingerprint density at radius 2 is 1.78 bits per heavy atom. The zero-order chi connectivity index (χ0) is 17.4. The van der Waals surface area contributed by atoms with Crippen LogP contribution in [0.15, 0.2) is 29.2 Å². The van der Waals surface area contributed by atoms with E-state index in [-0.39, 0.29) is 18.5 Å². The average Bonchev–Trinajstić information content (AvgIpc) is 2.90. The molecule has 0 spiro atoms. The summed E-state index contributed by atoms with van der Waals surface area (Å²) in [5.74, 6) is -5.94. The molecule has 1 aliphatic rings.